The number of hydrogen-bond donors (Lipinski definition) is 2. The van der Waals surface area contributed by atoms with Crippen LogP contribution in [0, 0.1) is 5.82 Å². The van der Waals surface area contributed by atoms with Crippen molar-refractivity contribution in [2.45, 2.75) is 11.4 Å². The molecule has 0 atom stereocenters. The average Bonchev–Trinajstić information content (AvgIpc) is 2.43. The molecule has 0 aliphatic rings. The highest BCUT2D eigenvalue weighted by Crippen LogP contribution is 2.27. The smallest absolute Gasteiger partial charge is 0.262 e. The molecule has 4 nitrogen and oxygen atoms in total. The van der Waals surface area contributed by atoms with E-state index in [1.54, 1.807) is 12.1 Å². The summed E-state index contributed by atoms with van der Waals surface area (Å²) in [4.78, 5) is -0.000213. The molecule has 0 heterocycles. The van der Waals surface area contributed by atoms with E-state index in [2.05, 4.69) is 4.72 Å². The van der Waals surface area contributed by atoms with Crippen LogP contribution in [0.3, 0.4) is 0 Å². The zero-order chi connectivity index (χ0) is 14.8. The van der Waals surface area contributed by atoms with Crippen molar-refractivity contribution in [1.29, 1.82) is 0 Å². The molecule has 0 bridgehead atoms. The van der Waals surface area contributed by atoms with Crippen LogP contribution in [0.25, 0.3) is 0 Å². The third-order valence-corrected chi connectivity index (χ3v) is 4.31. The summed E-state index contributed by atoms with van der Waals surface area (Å²) in [5.74, 6) is -0.740. The first-order chi connectivity index (χ1) is 9.44. The predicted molar refractivity (Wildman–Crippen MR) is 76.6 cm³/mol. The van der Waals surface area contributed by atoms with Gasteiger partial charge in [0, 0.05) is 6.54 Å². The summed E-state index contributed by atoms with van der Waals surface area (Å²) in [6.07, 6.45) is 0. The number of rotatable bonds is 4. The first-order valence-electron chi connectivity index (χ1n) is 5.70. The van der Waals surface area contributed by atoms with Crippen molar-refractivity contribution in [3.05, 3.63) is 58.9 Å². The Balaban J connectivity index is 2.41. The van der Waals surface area contributed by atoms with Crippen molar-refractivity contribution in [3.63, 3.8) is 0 Å². The van der Waals surface area contributed by atoms with E-state index in [9.17, 15) is 12.8 Å². The van der Waals surface area contributed by atoms with Gasteiger partial charge >= 0.3 is 0 Å². The second kappa shape index (κ2) is 5.78. The van der Waals surface area contributed by atoms with Crippen LogP contribution in [0.4, 0.5) is 10.1 Å². The number of nitrogens with two attached hydrogens (primary N) is 1. The lowest BCUT2D eigenvalue weighted by Crippen LogP contribution is -2.15. The van der Waals surface area contributed by atoms with Crippen molar-refractivity contribution < 1.29 is 12.8 Å². The lowest BCUT2D eigenvalue weighted by molar-refractivity contribution is 0.598. The standard InChI is InChI=1S/C13H12ClFN2O2S/c14-11-5-2-6-12(15)13(11)17-20(18,19)10-4-1-3-9(7-10)8-16/h1-7,17H,8,16H2. The number of sulfonamides is 1. The minimum Gasteiger partial charge on any atom is -0.326 e. The van der Waals surface area contributed by atoms with Crippen molar-refractivity contribution in [3.8, 4) is 0 Å². The molecular weight excluding hydrogens is 303 g/mol. The molecule has 0 amide bonds. The molecule has 2 rings (SSSR count). The van der Waals surface area contributed by atoms with Crippen molar-refractivity contribution in [1.82, 2.24) is 0 Å². The van der Waals surface area contributed by atoms with Gasteiger partial charge in [-0.05, 0) is 29.8 Å². The zero-order valence-electron chi connectivity index (χ0n) is 10.3. The van der Waals surface area contributed by atoms with E-state index in [1.807, 2.05) is 0 Å². The molecule has 0 spiro atoms. The SMILES string of the molecule is NCc1cccc(S(=O)(=O)Nc2c(F)cccc2Cl)c1. The fraction of sp³-hybridized carbons (Fsp3) is 0.0769. The summed E-state index contributed by atoms with van der Waals surface area (Å²) in [7, 11) is -3.92. The molecule has 0 radical (unpaired) electrons. The molecule has 3 N–H and O–H groups in total. The summed E-state index contributed by atoms with van der Waals surface area (Å²) in [5, 5.41) is -0.0106. The molecule has 0 fully saturated rings. The van der Waals surface area contributed by atoms with E-state index in [0.717, 1.165) is 6.07 Å². The maximum Gasteiger partial charge on any atom is 0.262 e. The molecule has 0 aliphatic carbocycles. The van der Waals surface area contributed by atoms with Gasteiger partial charge in [-0.3, -0.25) is 4.72 Å². The number of para-hydroxylation sites is 1. The lowest BCUT2D eigenvalue weighted by atomic mass is 10.2. The normalized spacial score (nSPS) is 11.3. The summed E-state index contributed by atoms with van der Waals surface area (Å²) >= 11 is 5.79. The number of nitrogens with one attached hydrogen (secondary N) is 1. The van der Waals surface area contributed by atoms with Gasteiger partial charge in [-0.2, -0.15) is 0 Å². The number of anilines is 1. The van der Waals surface area contributed by atoms with Crippen LogP contribution in [0.15, 0.2) is 47.4 Å². The van der Waals surface area contributed by atoms with E-state index in [4.69, 9.17) is 17.3 Å². The van der Waals surface area contributed by atoms with Gasteiger partial charge in [-0.25, -0.2) is 12.8 Å². The molecule has 0 unspecified atom stereocenters. The Hall–Kier alpha value is -1.63. The van der Waals surface area contributed by atoms with Crippen LogP contribution in [-0.2, 0) is 16.6 Å². The first-order valence-corrected chi connectivity index (χ1v) is 7.56. The summed E-state index contributed by atoms with van der Waals surface area (Å²) in [6, 6.07) is 10.0. The summed E-state index contributed by atoms with van der Waals surface area (Å²) < 4.78 is 40.2. The summed E-state index contributed by atoms with van der Waals surface area (Å²) in [5.41, 5.74) is 5.86. The van der Waals surface area contributed by atoms with Crippen LogP contribution in [-0.4, -0.2) is 8.42 Å². The van der Waals surface area contributed by atoms with E-state index in [0.29, 0.717) is 5.56 Å². The Labute approximate surface area is 121 Å². The van der Waals surface area contributed by atoms with Crippen molar-refractivity contribution in [2.75, 3.05) is 4.72 Å². The third kappa shape index (κ3) is 3.09. The monoisotopic (exact) mass is 314 g/mol. The highest BCUT2D eigenvalue weighted by molar-refractivity contribution is 7.92. The lowest BCUT2D eigenvalue weighted by Gasteiger charge is -2.11. The molecule has 0 aromatic heterocycles. The molecule has 2 aromatic rings. The minimum absolute atomic E-state index is 0.000213. The highest BCUT2D eigenvalue weighted by Gasteiger charge is 2.18. The Morgan fingerprint density at radius 1 is 1.20 bits per heavy atom. The molecule has 2 aromatic carbocycles. The predicted octanol–water partition coefficient (Wildman–Crippen LogP) is 2.74. The maximum atomic E-state index is 13.6. The zero-order valence-corrected chi connectivity index (χ0v) is 11.9. The summed E-state index contributed by atoms with van der Waals surface area (Å²) in [6.45, 7) is 0.212. The van der Waals surface area contributed by atoms with Gasteiger partial charge in [-0.15, -0.1) is 0 Å². The Morgan fingerprint density at radius 2 is 1.90 bits per heavy atom. The number of halogens is 2. The van der Waals surface area contributed by atoms with Crippen LogP contribution < -0.4 is 10.5 Å². The first kappa shape index (κ1) is 14.8. The van der Waals surface area contributed by atoms with Crippen LogP contribution in [0.1, 0.15) is 5.56 Å². The van der Waals surface area contributed by atoms with E-state index < -0.39 is 15.8 Å². The van der Waals surface area contributed by atoms with Crippen molar-refractivity contribution >= 4 is 27.3 Å². The van der Waals surface area contributed by atoms with E-state index >= 15 is 0 Å². The van der Waals surface area contributed by atoms with Crippen LogP contribution in [0.2, 0.25) is 5.02 Å². The molecule has 0 saturated heterocycles. The topological polar surface area (TPSA) is 72.2 Å². The molecule has 0 saturated carbocycles. The Kier molecular flexibility index (Phi) is 4.27. The van der Waals surface area contributed by atoms with Crippen LogP contribution in [0.5, 0.6) is 0 Å². The molecule has 0 aliphatic heterocycles. The largest absolute Gasteiger partial charge is 0.326 e. The van der Waals surface area contributed by atoms with E-state index in [1.165, 1.54) is 24.3 Å². The third-order valence-electron chi connectivity index (χ3n) is 2.64. The molecule has 106 valence electrons. The van der Waals surface area contributed by atoms with Gasteiger partial charge in [0.1, 0.15) is 11.5 Å². The second-order valence-corrected chi connectivity index (χ2v) is 6.14. The van der Waals surface area contributed by atoms with Gasteiger partial charge < -0.3 is 5.73 Å². The van der Waals surface area contributed by atoms with E-state index in [-0.39, 0.29) is 22.2 Å². The Bertz CT molecular complexity index is 715. The van der Waals surface area contributed by atoms with Gasteiger partial charge in [0.15, 0.2) is 0 Å². The van der Waals surface area contributed by atoms with Gasteiger partial charge in [-0.1, -0.05) is 29.8 Å². The molecule has 7 heteroatoms. The van der Waals surface area contributed by atoms with Crippen molar-refractivity contribution in [2.24, 2.45) is 5.73 Å². The second-order valence-electron chi connectivity index (χ2n) is 4.05. The molecule has 20 heavy (non-hydrogen) atoms. The minimum atomic E-state index is -3.92. The Morgan fingerprint density at radius 3 is 2.55 bits per heavy atom. The fourth-order valence-electron chi connectivity index (χ4n) is 1.63. The highest BCUT2D eigenvalue weighted by atomic mass is 35.5. The maximum absolute atomic E-state index is 13.6. The quantitative estimate of drug-likeness (QED) is 0.911. The van der Waals surface area contributed by atoms with Gasteiger partial charge in [0.05, 0.1) is 9.92 Å². The number of hydrogen-bond acceptors (Lipinski definition) is 3. The van der Waals surface area contributed by atoms with Gasteiger partial charge in [0.2, 0.25) is 0 Å². The van der Waals surface area contributed by atoms with Gasteiger partial charge in [0.25, 0.3) is 10.0 Å². The molecular formula is C13H12ClFN2O2S. The fourth-order valence-corrected chi connectivity index (χ4v) is 3.05. The number of benzene rings is 2. The average molecular weight is 315 g/mol. The van der Waals surface area contributed by atoms with Crippen LogP contribution >= 0.6 is 11.6 Å².